The average molecular weight is 394 g/mol. The highest BCUT2D eigenvalue weighted by Gasteiger charge is 2.21. The summed E-state index contributed by atoms with van der Waals surface area (Å²) in [6.07, 6.45) is 4.27. The van der Waals surface area contributed by atoms with Crippen molar-refractivity contribution >= 4 is 24.0 Å². The summed E-state index contributed by atoms with van der Waals surface area (Å²) in [4.78, 5) is 29.4. The van der Waals surface area contributed by atoms with Crippen molar-refractivity contribution in [3.05, 3.63) is 63.1 Å². The van der Waals surface area contributed by atoms with Crippen LogP contribution in [0.1, 0.15) is 32.2 Å². The van der Waals surface area contributed by atoms with Crippen molar-refractivity contribution in [2.24, 2.45) is 15.9 Å². The predicted molar refractivity (Wildman–Crippen MR) is 111 cm³/mol. The molecule has 0 saturated heterocycles. The fraction of sp³-hybridized carbons (Fsp3) is 0.250. The summed E-state index contributed by atoms with van der Waals surface area (Å²) in [6.45, 7) is 5.98. The van der Waals surface area contributed by atoms with Crippen LogP contribution in [-0.2, 0) is 11.3 Å². The highest BCUT2D eigenvalue weighted by Crippen LogP contribution is 2.27. The number of nitrogens with zero attached hydrogens (tertiary/aromatic N) is 3. The van der Waals surface area contributed by atoms with E-state index in [2.05, 4.69) is 24.9 Å². The zero-order valence-electron chi connectivity index (χ0n) is 16.4. The van der Waals surface area contributed by atoms with Gasteiger partial charge in [-0.05, 0) is 37.6 Å². The predicted octanol–water partition coefficient (Wildman–Crippen LogP) is 2.79. The molecular formula is C20H22N6O3. The third-order valence-electron chi connectivity index (χ3n) is 4.67. The molecule has 1 aliphatic rings. The van der Waals surface area contributed by atoms with Gasteiger partial charge in [-0.3, -0.25) is 9.97 Å². The number of hydrogen-bond donors (Lipinski definition) is 4. The lowest BCUT2D eigenvalue weighted by atomic mass is 9.94. The molecule has 4 N–H and O–H groups in total. The molecular weight excluding hydrogens is 372 g/mol. The second-order valence-electron chi connectivity index (χ2n) is 6.60. The number of hydrogen-bond acceptors (Lipinski definition) is 7. The van der Waals surface area contributed by atoms with Gasteiger partial charge in [0.2, 0.25) is 5.88 Å². The van der Waals surface area contributed by atoms with Crippen LogP contribution in [-0.4, -0.2) is 38.0 Å². The highest BCUT2D eigenvalue weighted by molar-refractivity contribution is 6.00. The Morgan fingerprint density at radius 2 is 2.10 bits per heavy atom. The summed E-state index contributed by atoms with van der Waals surface area (Å²) >= 11 is 0. The van der Waals surface area contributed by atoms with Crippen LogP contribution >= 0.6 is 0 Å². The van der Waals surface area contributed by atoms with E-state index in [0.717, 1.165) is 23.2 Å². The number of aromatic nitrogens is 3. The molecule has 150 valence electrons. The summed E-state index contributed by atoms with van der Waals surface area (Å²) in [5, 5.41) is 17.7. The normalized spacial score (nSPS) is 17.5. The van der Waals surface area contributed by atoms with Gasteiger partial charge >= 0.3 is 11.7 Å². The lowest BCUT2D eigenvalue weighted by molar-refractivity contribution is 0.283. The molecule has 0 bridgehead atoms. The molecule has 29 heavy (non-hydrogen) atoms. The molecule has 0 radical (unpaired) electrons. The highest BCUT2D eigenvalue weighted by atomic mass is 16.5. The van der Waals surface area contributed by atoms with E-state index in [-0.39, 0.29) is 30.1 Å². The van der Waals surface area contributed by atoms with Crippen LogP contribution in [0.5, 0.6) is 5.88 Å². The molecule has 9 heteroatoms. The molecule has 1 unspecified atom stereocenters. The SMILES string of the molecule is CC1=NC(OCc2ccccn2)=NC(/C(C=N)=C\c2[nH]c(=O)[nH]c2O)=C(C)C1C. The van der Waals surface area contributed by atoms with Crippen LogP contribution in [0.25, 0.3) is 6.08 Å². The fourth-order valence-electron chi connectivity index (χ4n) is 2.78. The van der Waals surface area contributed by atoms with E-state index in [4.69, 9.17) is 10.1 Å². The van der Waals surface area contributed by atoms with E-state index in [1.165, 1.54) is 6.08 Å². The third kappa shape index (κ3) is 4.57. The molecule has 2 aromatic rings. The molecule has 3 rings (SSSR count). The number of imidazole rings is 1. The largest absolute Gasteiger partial charge is 0.493 e. The third-order valence-corrected chi connectivity index (χ3v) is 4.67. The van der Waals surface area contributed by atoms with Crippen molar-refractivity contribution in [3.8, 4) is 5.88 Å². The van der Waals surface area contributed by atoms with Gasteiger partial charge in [0.05, 0.1) is 11.4 Å². The van der Waals surface area contributed by atoms with Crippen LogP contribution in [0, 0.1) is 11.3 Å². The van der Waals surface area contributed by atoms with Crippen LogP contribution in [0.2, 0.25) is 0 Å². The maximum absolute atomic E-state index is 11.4. The maximum atomic E-state index is 11.4. The Balaban J connectivity index is 2.00. The van der Waals surface area contributed by atoms with E-state index in [1.807, 2.05) is 39.0 Å². The first-order valence-electron chi connectivity index (χ1n) is 9.00. The van der Waals surface area contributed by atoms with Gasteiger partial charge in [0.15, 0.2) is 0 Å². The Kier molecular flexibility index (Phi) is 5.87. The number of allylic oxidation sites excluding steroid dienone is 2. The number of amidine groups is 1. The Labute approximate surface area is 167 Å². The molecule has 0 amide bonds. The standard InChI is InChI=1S/C20H22N6O3/c1-11-12(2)17(14(9-21)8-16-18(27)26-19(28)24-16)25-20(23-13(11)3)29-10-15-6-4-5-7-22-15/h4-9,11,21,27H,10H2,1-3H3,(H2,24,26,28)/b14-8-,21-9?. The summed E-state index contributed by atoms with van der Waals surface area (Å²) < 4.78 is 5.77. The van der Waals surface area contributed by atoms with Crippen molar-refractivity contribution in [1.82, 2.24) is 15.0 Å². The number of aromatic amines is 2. The van der Waals surface area contributed by atoms with Crippen molar-refractivity contribution in [2.75, 3.05) is 0 Å². The Morgan fingerprint density at radius 1 is 1.31 bits per heavy atom. The average Bonchev–Trinajstić information content (AvgIpc) is 2.99. The monoisotopic (exact) mass is 394 g/mol. The topological polar surface area (TPSA) is 140 Å². The van der Waals surface area contributed by atoms with Gasteiger partial charge in [0.25, 0.3) is 0 Å². The number of H-pyrrole nitrogens is 2. The maximum Gasteiger partial charge on any atom is 0.326 e. The lowest BCUT2D eigenvalue weighted by Gasteiger charge is -2.13. The van der Waals surface area contributed by atoms with E-state index in [0.29, 0.717) is 11.3 Å². The number of aliphatic imine (C=N–C) groups is 2. The molecule has 0 spiro atoms. The minimum absolute atomic E-state index is 0.0353. The van der Waals surface area contributed by atoms with E-state index in [9.17, 15) is 9.90 Å². The summed E-state index contributed by atoms with van der Waals surface area (Å²) in [6, 6.07) is 5.69. The quantitative estimate of drug-likeness (QED) is 0.579. The first kappa shape index (κ1) is 20.0. The smallest absolute Gasteiger partial charge is 0.326 e. The first-order valence-corrected chi connectivity index (χ1v) is 9.00. The van der Waals surface area contributed by atoms with Gasteiger partial charge in [0.1, 0.15) is 12.3 Å². The zero-order chi connectivity index (χ0) is 21.0. The second kappa shape index (κ2) is 8.51. The molecule has 3 heterocycles. The summed E-state index contributed by atoms with van der Waals surface area (Å²) in [5.41, 5.74) is 2.94. The van der Waals surface area contributed by atoms with E-state index >= 15 is 0 Å². The van der Waals surface area contributed by atoms with Crippen LogP contribution < -0.4 is 5.69 Å². The number of ether oxygens (including phenoxy) is 1. The van der Waals surface area contributed by atoms with Gasteiger partial charge in [-0.25, -0.2) is 9.79 Å². The van der Waals surface area contributed by atoms with Crippen LogP contribution in [0.15, 0.2) is 56.0 Å². The zero-order valence-corrected chi connectivity index (χ0v) is 16.4. The lowest BCUT2D eigenvalue weighted by Crippen LogP contribution is -2.11. The minimum atomic E-state index is -0.542. The fourth-order valence-corrected chi connectivity index (χ4v) is 2.78. The minimum Gasteiger partial charge on any atom is -0.493 e. The molecule has 1 atom stereocenters. The van der Waals surface area contributed by atoms with Gasteiger partial charge in [0, 0.05) is 29.6 Å². The Bertz CT molecular complexity index is 1090. The van der Waals surface area contributed by atoms with Crippen LogP contribution in [0.3, 0.4) is 0 Å². The van der Waals surface area contributed by atoms with Crippen LogP contribution in [0.4, 0.5) is 0 Å². The van der Waals surface area contributed by atoms with Crippen molar-refractivity contribution in [3.63, 3.8) is 0 Å². The number of nitrogens with one attached hydrogen (secondary N) is 3. The van der Waals surface area contributed by atoms with Crippen molar-refractivity contribution < 1.29 is 9.84 Å². The van der Waals surface area contributed by atoms with E-state index in [1.54, 1.807) is 6.20 Å². The molecule has 0 fully saturated rings. The molecule has 0 saturated carbocycles. The van der Waals surface area contributed by atoms with Crippen molar-refractivity contribution in [2.45, 2.75) is 27.4 Å². The Hall–Kier alpha value is -3.75. The molecule has 2 aromatic heterocycles. The van der Waals surface area contributed by atoms with Crippen molar-refractivity contribution in [1.29, 1.82) is 5.41 Å². The Morgan fingerprint density at radius 3 is 2.72 bits per heavy atom. The van der Waals surface area contributed by atoms with E-state index < -0.39 is 5.69 Å². The number of aromatic hydroxyl groups is 1. The van der Waals surface area contributed by atoms with Gasteiger partial charge in [-0.15, -0.1) is 0 Å². The molecule has 0 aromatic carbocycles. The number of rotatable bonds is 5. The summed E-state index contributed by atoms with van der Waals surface area (Å²) in [7, 11) is 0. The van der Waals surface area contributed by atoms with Gasteiger partial charge in [-0.1, -0.05) is 13.0 Å². The van der Waals surface area contributed by atoms with Gasteiger partial charge < -0.3 is 20.2 Å². The second-order valence-corrected chi connectivity index (χ2v) is 6.60. The summed E-state index contributed by atoms with van der Waals surface area (Å²) in [5.74, 6) is -0.343. The molecule has 0 aliphatic carbocycles. The first-order chi connectivity index (χ1) is 13.9. The van der Waals surface area contributed by atoms with Gasteiger partial charge in [-0.2, -0.15) is 4.99 Å². The number of pyridine rings is 1. The molecule has 1 aliphatic heterocycles. The molecule has 9 nitrogen and oxygen atoms in total.